The number of nitrogens with two attached hydrogens (primary N) is 1. The van der Waals surface area contributed by atoms with E-state index in [4.69, 9.17) is 15.6 Å². The monoisotopic (exact) mass is 466 g/mol. The van der Waals surface area contributed by atoms with E-state index in [9.17, 15) is 9.90 Å². The molecular formula is C28H26N4O3. The van der Waals surface area contributed by atoms with Crippen molar-refractivity contribution < 1.29 is 14.6 Å². The van der Waals surface area contributed by atoms with Gasteiger partial charge in [-0.25, -0.2) is 4.98 Å². The molecule has 7 nitrogen and oxygen atoms in total. The molecule has 176 valence electrons. The van der Waals surface area contributed by atoms with Crippen LogP contribution in [0, 0.1) is 0 Å². The van der Waals surface area contributed by atoms with Crippen molar-refractivity contribution in [3.8, 4) is 16.9 Å². The van der Waals surface area contributed by atoms with Crippen LogP contribution in [0.4, 0.5) is 5.82 Å². The van der Waals surface area contributed by atoms with E-state index in [1.165, 1.54) is 0 Å². The van der Waals surface area contributed by atoms with Gasteiger partial charge in [0, 0.05) is 28.6 Å². The van der Waals surface area contributed by atoms with Crippen LogP contribution in [0.3, 0.4) is 0 Å². The summed E-state index contributed by atoms with van der Waals surface area (Å²) >= 11 is 0. The number of hydrogen-bond acceptors (Lipinski definition) is 5. The minimum Gasteiger partial charge on any atom is -0.487 e. The first kappa shape index (κ1) is 22.4. The molecule has 7 heteroatoms. The molecule has 3 aromatic carbocycles. The van der Waals surface area contributed by atoms with Crippen LogP contribution in [0.15, 0.2) is 72.9 Å². The summed E-state index contributed by atoms with van der Waals surface area (Å²) in [6.07, 6.45) is 1.62. The molecule has 2 heterocycles. The Morgan fingerprint density at radius 2 is 1.80 bits per heavy atom. The molecule has 0 amide bonds. The number of hydrogen-bond donors (Lipinski definition) is 2. The van der Waals surface area contributed by atoms with Crippen LogP contribution in [-0.2, 0) is 17.8 Å². The van der Waals surface area contributed by atoms with Crippen LogP contribution in [0.5, 0.6) is 5.75 Å². The van der Waals surface area contributed by atoms with Crippen LogP contribution in [0.25, 0.3) is 32.8 Å². The van der Waals surface area contributed by atoms with Crippen molar-refractivity contribution in [2.75, 3.05) is 5.73 Å². The number of fused-ring (bicyclic) bond motifs is 2. The Kier molecular flexibility index (Phi) is 5.82. The molecule has 0 saturated carbocycles. The molecule has 0 unspecified atom stereocenters. The molecule has 5 rings (SSSR count). The van der Waals surface area contributed by atoms with Crippen molar-refractivity contribution >= 4 is 33.5 Å². The van der Waals surface area contributed by atoms with Crippen LogP contribution in [-0.4, -0.2) is 25.8 Å². The Bertz CT molecular complexity index is 1560. The van der Waals surface area contributed by atoms with Crippen LogP contribution < -0.4 is 10.5 Å². The first-order valence-electron chi connectivity index (χ1n) is 11.5. The van der Waals surface area contributed by atoms with Crippen molar-refractivity contribution in [2.45, 2.75) is 32.9 Å². The SMILES string of the molecule is CC(C)n1nc(COc2ccccc2CC(=O)O)c2cc(-c3ccc4c(N)nccc4c3)ccc21. The molecule has 0 aliphatic carbocycles. The molecule has 5 aromatic rings. The lowest BCUT2D eigenvalue weighted by Crippen LogP contribution is -2.06. The fourth-order valence-corrected chi connectivity index (χ4v) is 4.37. The van der Waals surface area contributed by atoms with Gasteiger partial charge in [0.15, 0.2) is 0 Å². The number of anilines is 1. The average molecular weight is 467 g/mol. The maximum atomic E-state index is 11.2. The van der Waals surface area contributed by atoms with E-state index < -0.39 is 5.97 Å². The van der Waals surface area contributed by atoms with Gasteiger partial charge < -0.3 is 15.6 Å². The molecule has 35 heavy (non-hydrogen) atoms. The Morgan fingerprint density at radius 3 is 2.60 bits per heavy atom. The van der Waals surface area contributed by atoms with Crippen LogP contribution >= 0.6 is 0 Å². The van der Waals surface area contributed by atoms with E-state index in [1.54, 1.807) is 18.3 Å². The molecule has 0 saturated heterocycles. The summed E-state index contributed by atoms with van der Waals surface area (Å²) in [4.78, 5) is 15.4. The van der Waals surface area contributed by atoms with Crippen molar-refractivity contribution in [1.29, 1.82) is 0 Å². The fourth-order valence-electron chi connectivity index (χ4n) is 4.37. The van der Waals surface area contributed by atoms with Gasteiger partial charge in [-0.2, -0.15) is 5.10 Å². The number of para-hydroxylation sites is 1. The summed E-state index contributed by atoms with van der Waals surface area (Å²) in [6.45, 7) is 4.42. The number of aliphatic carboxylic acids is 1. The number of carboxylic acids is 1. The van der Waals surface area contributed by atoms with E-state index >= 15 is 0 Å². The molecule has 0 atom stereocenters. The molecule has 3 N–H and O–H groups in total. The Hall–Kier alpha value is -4.39. The molecule has 0 radical (unpaired) electrons. The smallest absolute Gasteiger partial charge is 0.307 e. The molecule has 0 fully saturated rings. The highest BCUT2D eigenvalue weighted by atomic mass is 16.5. The third-order valence-electron chi connectivity index (χ3n) is 6.08. The van der Waals surface area contributed by atoms with Gasteiger partial charge in [-0.15, -0.1) is 0 Å². The van der Waals surface area contributed by atoms with Gasteiger partial charge in [-0.05, 0) is 60.7 Å². The molecular weight excluding hydrogens is 440 g/mol. The standard InChI is InChI=1S/C28H26N4O3/c1-17(2)32-25-10-8-19(18-7-9-22-20(13-18)11-12-30-28(22)29)14-23(25)24(31-32)16-35-26-6-4-3-5-21(26)15-27(33)34/h3-14,17H,15-16H2,1-2H3,(H2,29,30)(H,33,34). The zero-order chi connectivity index (χ0) is 24.5. The van der Waals surface area contributed by atoms with E-state index in [-0.39, 0.29) is 19.1 Å². The predicted octanol–water partition coefficient (Wildman–Crippen LogP) is 5.62. The number of carboxylic acid groups (broad SMARTS) is 1. The van der Waals surface area contributed by atoms with Gasteiger partial charge >= 0.3 is 5.97 Å². The zero-order valence-electron chi connectivity index (χ0n) is 19.6. The van der Waals surface area contributed by atoms with E-state index in [2.05, 4.69) is 43.1 Å². The molecule has 0 spiro atoms. The maximum absolute atomic E-state index is 11.2. The van der Waals surface area contributed by atoms with Gasteiger partial charge in [0.05, 0.1) is 11.9 Å². The van der Waals surface area contributed by atoms with E-state index in [1.807, 2.05) is 35.0 Å². The third-order valence-corrected chi connectivity index (χ3v) is 6.08. The quantitative estimate of drug-likeness (QED) is 0.323. The Balaban J connectivity index is 1.54. The van der Waals surface area contributed by atoms with Crippen molar-refractivity contribution in [2.24, 2.45) is 0 Å². The molecule has 0 aliphatic rings. The number of nitrogen functional groups attached to an aromatic ring is 1. The first-order chi connectivity index (χ1) is 16.9. The summed E-state index contributed by atoms with van der Waals surface area (Å²) in [5.74, 6) is 0.178. The highest BCUT2D eigenvalue weighted by Gasteiger charge is 2.16. The lowest BCUT2D eigenvalue weighted by Gasteiger charge is -2.09. The van der Waals surface area contributed by atoms with Crippen LogP contribution in [0.1, 0.15) is 31.1 Å². The third kappa shape index (κ3) is 4.40. The number of aromatic nitrogens is 3. The highest BCUT2D eigenvalue weighted by Crippen LogP contribution is 2.31. The fraction of sp³-hybridized carbons (Fsp3) is 0.179. The normalized spacial score (nSPS) is 11.4. The minimum absolute atomic E-state index is 0.0937. The Morgan fingerprint density at radius 1 is 1.03 bits per heavy atom. The van der Waals surface area contributed by atoms with E-state index in [0.717, 1.165) is 38.5 Å². The highest BCUT2D eigenvalue weighted by molar-refractivity contribution is 5.95. The van der Waals surface area contributed by atoms with Crippen molar-refractivity contribution in [1.82, 2.24) is 14.8 Å². The summed E-state index contributed by atoms with van der Waals surface area (Å²) in [5.41, 5.74) is 10.6. The summed E-state index contributed by atoms with van der Waals surface area (Å²) < 4.78 is 8.08. The van der Waals surface area contributed by atoms with Crippen molar-refractivity contribution in [3.05, 3.63) is 84.2 Å². The Labute approximate surface area is 202 Å². The second-order valence-corrected chi connectivity index (χ2v) is 8.82. The molecule has 0 aliphatic heterocycles. The predicted molar refractivity (Wildman–Crippen MR) is 137 cm³/mol. The maximum Gasteiger partial charge on any atom is 0.307 e. The van der Waals surface area contributed by atoms with Gasteiger partial charge in [-0.3, -0.25) is 9.48 Å². The van der Waals surface area contributed by atoms with Gasteiger partial charge in [0.25, 0.3) is 0 Å². The lowest BCUT2D eigenvalue weighted by molar-refractivity contribution is -0.136. The zero-order valence-corrected chi connectivity index (χ0v) is 19.6. The number of nitrogens with zero attached hydrogens (tertiary/aromatic N) is 3. The average Bonchev–Trinajstić information content (AvgIpc) is 3.21. The number of carbonyl (C=O) groups is 1. The summed E-state index contributed by atoms with van der Waals surface area (Å²) in [7, 11) is 0. The van der Waals surface area contributed by atoms with Gasteiger partial charge in [0.2, 0.25) is 0 Å². The van der Waals surface area contributed by atoms with Crippen LogP contribution in [0.2, 0.25) is 0 Å². The second-order valence-electron chi connectivity index (χ2n) is 8.82. The summed E-state index contributed by atoms with van der Waals surface area (Å²) in [5, 5.41) is 17.0. The van der Waals surface area contributed by atoms with E-state index in [0.29, 0.717) is 17.1 Å². The lowest BCUT2D eigenvalue weighted by atomic mass is 10.00. The number of pyridine rings is 1. The first-order valence-corrected chi connectivity index (χ1v) is 11.5. The minimum atomic E-state index is -0.895. The largest absolute Gasteiger partial charge is 0.487 e. The second kappa shape index (κ2) is 9.10. The number of ether oxygens (including phenoxy) is 1. The van der Waals surface area contributed by atoms with Crippen molar-refractivity contribution in [3.63, 3.8) is 0 Å². The number of benzene rings is 3. The van der Waals surface area contributed by atoms with Gasteiger partial charge in [0.1, 0.15) is 23.9 Å². The van der Waals surface area contributed by atoms with Gasteiger partial charge in [-0.1, -0.05) is 36.4 Å². The topological polar surface area (TPSA) is 103 Å². The molecule has 2 aromatic heterocycles. The summed E-state index contributed by atoms with van der Waals surface area (Å²) in [6, 6.07) is 21.8. The molecule has 0 bridgehead atoms. The number of rotatable bonds is 7.